The maximum atomic E-state index is 3.72. The predicted molar refractivity (Wildman–Crippen MR) is 90.9 cm³/mol. The van der Waals surface area contributed by atoms with Gasteiger partial charge in [-0.15, -0.1) is 22.7 Å². The van der Waals surface area contributed by atoms with Crippen LogP contribution in [0.5, 0.6) is 0 Å². The van der Waals surface area contributed by atoms with E-state index in [1.54, 1.807) is 0 Å². The second-order valence-electron chi connectivity index (χ2n) is 5.38. The van der Waals surface area contributed by atoms with Gasteiger partial charge in [0.05, 0.1) is 0 Å². The maximum Gasteiger partial charge on any atom is 0.0464 e. The van der Waals surface area contributed by atoms with Crippen LogP contribution in [0.2, 0.25) is 0 Å². The van der Waals surface area contributed by atoms with Gasteiger partial charge in [-0.1, -0.05) is 12.1 Å². The van der Waals surface area contributed by atoms with Crippen LogP contribution in [-0.2, 0) is 6.42 Å². The molecule has 0 fully saturated rings. The van der Waals surface area contributed by atoms with E-state index < -0.39 is 0 Å². The van der Waals surface area contributed by atoms with Crippen molar-refractivity contribution in [3.63, 3.8) is 0 Å². The summed E-state index contributed by atoms with van der Waals surface area (Å²) in [6.45, 7) is 6.59. The summed E-state index contributed by atoms with van der Waals surface area (Å²) in [5.41, 5.74) is 0. The second kappa shape index (κ2) is 7.93. The van der Waals surface area contributed by atoms with Crippen molar-refractivity contribution >= 4 is 22.7 Å². The van der Waals surface area contributed by atoms with Gasteiger partial charge in [-0.2, -0.15) is 0 Å². The molecule has 0 bridgehead atoms. The SMILES string of the molecule is CC(C)N(C)CCNC(Cc1cccs1)c1cccs1. The first kappa shape index (κ1) is 15.7. The number of rotatable bonds is 8. The van der Waals surface area contributed by atoms with Gasteiger partial charge < -0.3 is 10.2 Å². The fourth-order valence-corrected chi connectivity index (χ4v) is 3.62. The highest BCUT2D eigenvalue weighted by Crippen LogP contribution is 2.24. The van der Waals surface area contributed by atoms with E-state index in [1.165, 1.54) is 9.75 Å². The number of hydrogen-bond acceptors (Lipinski definition) is 4. The van der Waals surface area contributed by atoms with Gasteiger partial charge in [0.2, 0.25) is 0 Å². The fraction of sp³-hybridized carbons (Fsp3) is 0.500. The Kier molecular flexibility index (Phi) is 6.23. The van der Waals surface area contributed by atoms with Crippen LogP contribution in [0.4, 0.5) is 0 Å². The third kappa shape index (κ3) is 4.70. The Morgan fingerprint density at radius 2 is 1.90 bits per heavy atom. The van der Waals surface area contributed by atoms with Gasteiger partial charge in [-0.3, -0.25) is 0 Å². The van der Waals surface area contributed by atoms with Crippen molar-refractivity contribution in [2.45, 2.75) is 32.4 Å². The lowest BCUT2D eigenvalue weighted by Gasteiger charge is -2.23. The molecule has 2 aromatic heterocycles. The molecule has 0 aliphatic carbocycles. The third-order valence-corrected chi connectivity index (χ3v) is 5.49. The number of likely N-dealkylation sites (N-methyl/N-ethyl adjacent to an activating group) is 1. The smallest absolute Gasteiger partial charge is 0.0464 e. The van der Waals surface area contributed by atoms with Crippen LogP contribution >= 0.6 is 22.7 Å². The first-order valence-electron chi connectivity index (χ1n) is 7.16. The van der Waals surface area contributed by atoms with E-state index in [-0.39, 0.29) is 0 Å². The van der Waals surface area contributed by atoms with Crippen molar-refractivity contribution in [1.29, 1.82) is 0 Å². The summed E-state index contributed by atoms with van der Waals surface area (Å²) in [6.07, 6.45) is 1.09. The highest BCUT2D eigenvalue weighted by molar-refractivity contribution is 7.10. The van der Waals surface area contributed by atoms with E-state index in [4.69, 9.17) is 0 Å². The molecule has 0 amide bonds. The van der Waals surface area contributed by atoms with Gasteiger partial charge in [-0.25, -0.2) is 0 Å². The van der Waals surface area contributed by atoms with Gasteiger partial charge in [0.25, 0.3) is 0 Å². The molecule has 110 valence electrons. The van der Waals surface area contributed by atoms with E-state index in [2.05, 4.69) is 66.1 Å². The van der Waals surface area contributed by atoms with E-state index in [1.807, 2.05) is 22.7 Å². The molecule has 2 heterocycles. The van der Waals surface area contributed by atoms with E-state index in [0.717, 1.165) is 19.5 Å². The Morgan fingerprint density at radius 1 is 1.15 bits per heavy atom. The van der Waals surface area contributed by atoms with Gasteiger partial charge in [0.1, 0.15) is 0 Å². The van der Waals surface area contributed by atoms with Crippen LogP contribution in [0.3, 0.4) is 0 Å². The Morgan fingerprint density at radius 3 is 2.50 bits per heavy atom. The molecular weight excluding hydrogens is 284 g/mol. The molecular formula is C16H24N2S2. The van der Waals surface area contributed by atoms with Crippen LogP contribution in [0.15, 0.2) is 35.0 Å². The van der Waals surface area contributed by atoms with E-state index in [0.29, 0.717) is 12.1 Å². The zero-order chi connectivity index (χ0) is 14.4. The summed E-state index contributed by atoms with van der Waals surface area (Å²) < 4.78 is 0. The first-order chi connectivity index (χ1) is 9.66. The van der Waals surface area contributed by atoms with Gasteiger partial charge in [-0.05, 0) is 43.8 Å². The molecule has 20 heavy (non-hydrogen) atoms. The molecule has 2 aromatic rings. The lowest BCUT2D eigenvalue weighted by molar-refractivity contribution is 0.269. The monoisotopic (exact) mass is 308 g/mol. The molecule has 0 saturated carbocycles. The number of nitrogens with one attached hydrogen (secondary N) is 1. The summed E-state index contributed by atoms with van der Waals surface area (Å²) in [4.78, 5) is 5.27. The Hall–Kier alpha value is -0.680. The Balaban J connectivity index is 1.90. The van der Waals surface area contributed by atoms with Crippen molar-refractivity contribution in [1.82, 2.24) is 10.2 Å². The van der Waals surface area contributed by atoms with Gasteiger partial charge in [0.15, 0.2) is 0 Å². The minimum Gasteiger partial charge on any atom is -0.308 e. The normalized spacial score (nSPS) is 13.2. The summed E-state index contributed by atoms with van der Waals surface area (Å²) in [7, 11) is 2.19. The molecule has 1 unspecified atom stereocenters. The molecule has 0 aromatic carbocycles. The molecule has 1 atom stereocenters. The zero-order valence-corrected chi connectivity index (χ0v) is 14.1. The third-order valence-electron chi connectivity index (χ3n) is 3.61. The fourth-order valence-electron chi connectivity index (χ4n) is 2.07. The number of hydrogen-bond donors (Lipinski definition) is 1. The molecule has 4 heteroatoms. The summed E-state index contributed by atoms with van der Waals surface area (Å²) in [5, 5.41) is 8.05. The lowest BCUT2D eigenvalue weighted by atomic mass is 10.1. The number of nitrogens with zero attached hydrogens (tertiary/aromatic N) is 1. The average Bonchev–Trinajstić information content (AvgIpc) is 3.10. The molecule has 1 N–H and O–H groups in total. The zero-order valence-electron chi connectivity index (χ0n) is 12.5. The average molecular weight is 309 g/mol. The van der Waals surface area contributed by atoms with Crippen LogP contribution in [0.25, 0.3) is 0 Å². The van der Waals surface area contributed by atoms with Crippen LogP contribution in [-0.4, -0.2) is 31.1 Å². The second-order valence-corrected chi connectivity index (χ2v) is 7.39. The van der Waals surface area contributed by atoms with Crippen molar-refractivity contribution in [3.05, 3.63) is 44.8 Å². The molecule has 0 aliphatic rings. The Labute approximate surface area is 130 Å². The van der Waals surface area contributed by atoms with Gasteiger partial charge in [0, 0.05) is 41.3 Å². The van der Waals surface area contributed by atoms with Crippen molar-refractivity contribution in [2.24, 2.45) is 0 Å². The van der Waals surface area contributed by atoms with Crippen molar-refractivity contribution in [2.75, 3.05) is 20.1 Å². The first-order valence-corrected chi connectivity index (χ1v) is 8.92. The van der Waals surface area contributed by atoms with Crippen molar-refractivity contribution in [3.8, 4) is 0 Å². The van der Waals surface area contributed by atoms with E-state index in [9.17, 15) is 0 Å². The maximum absolute atomic E-state index is 3.72. The predicted octanol–water partition coefficient (Wildman–Crippen LogP) is 4.02. The quantitative estimate of drug-likeness (QED) is 0.792. The van der Waals surface area contributed by atoms with Crippen molar-refractivity contribution < 1.29 is 0 Å². The minimum atomic E-state index is 0.439. The summed E-state index contributed by atoms with van der Waals surface area (Å²) in [6, 6.07) is 9.79. The molecule has 0 spiro atoms. The van der Waals surface area contributed by atoms with Crippen LogP contribution in [0.1, 0.15) is 29.6 Å². The minimum absolute atomic E-state index is 0.439. The standard InChI is InChI=1S/C16H24N2S2/c1-13(2)18(3)9-8-17-15(16-7-5-11-20-16)12-14-6-4-10-19-14/h4-7,10-11,13,15,17H,8-9,12H2,1-3H3. The summed E-state index contributed by atoms with van der Waals surface area (Å²) >= 11 is 3.69. The molecule has 0 aliphatic heterocycles. The lowest BCUT2D eigenvalue weighted by Crippen LogP contribution is -2.35. The highest BCUT2D eigenvalue weighted by Gasteiger charge is 2.14. The van der Waals surface area contributed by atoms with E-state index >= 15 is 0 Å². The molecule has 2 nitrogen and oxygen atoms in total. The van der Waals surface area contributed by atoms with Crippen LogP contribution in [0, 0.1) is 0 Å². The molecule has 0 saturated heterocycles. The molecule has 2 rings (SSSR count). The highest BCUT2D eigenvalue weighted by atomic mass is 32.1. The largest absolute Gasteiger partial charge is 0.308 e. The Bertz CT molecular complexity index is 463. The summed E-state index contributed by atoms with van der Waals surface area (Å²) in [5.74, 6) is 0. The van der Waals surface area contributed by atoms with Crippen LogP contribution < -0.4 is 5.32 Å². The topological polar surface area (TPSA) is 15.3 Å². The van der Waals surface area contributed by atoms with Gasteiger partial charge >= 0.3 is 0 Å². The number of thiophene rings is 2. The molecule has 0 radical (unpaired) electrons.